The Morgan fingerprint density at radius 1 is 1.00 bits per heavy atom. The maximum absolute atomic E-state index is 12.6. The van der Waals surface area contributed by atoms with Crippen molar-refractivity contribution in [2.75, 3.05) is 31.1 Å². The number of hydrogen-bond donors (Lipinski definition) is 0. The Balaban J connectivity index is 1.26. The van der Waals surface area contributed by atoms with Gasteiger partial charge in [-0.3, -0.25) is 9.78 Å². The molecule has 2 heterocycles. The molecule has 4 rings (SSSR count). The van der Waals surface area contributed by atoms with E-state index >= 15 is 0 Å². The van der Waals surface area contributed by atoms with Gasteiger partial charge in [-0.2, -0.15) is 0 Å². The number of nitrogens with zero attached hydrogens (tertiary/aromatic N) is 3. The Bertz CT molecular complexity index is 1020. The lowest BCUT2D eigenvalue weighted by Gasteiger charge is -2.35. The quantitative estimate of drug-likeness (QED) is 0.564. The van der Waals surface area contributed by atoms with Crippen LogP contribution in [0.5, 0.6) is 5.75 Å². The van der Waals surface area contributed by atoms with E-state index in [1.54, 1.807) is 12.3 Å². The molecule has 0 spiro atoms. The molecular weight excluding hydrogens is 386 g/mol. The van der Waals surface area contributed by atoms with Crippen molar-refractivity contribution in [1.29, 1.82) is 0 Å². The summed E-state index contributed by atoms with van der Waals surface area (Å²) >= 11 is 0. The molecule has 158 valence electrons. The molecular formula is C26H27N3O2. The van der Waals surface area contributed by atoms with E-state index in [9.17, 15) is 4.79 Å². The normalized spacial score (nSPS) is 14.1. The average Bonchev–Trinajstić information content (AvgIpc) is 2.82. The van der Waals surface area contributed by atoms with Crippen LogP contribution in [0.4, 0.5) is 5.69 Å². The first kappa shape index (κ1) is 20.7. The molecule has 1 aromatic heterocycles. The fourth-order valence-electron chi connectivity index (χ4n) is 3.60. The second kappa shape index (κ2) is 9.94. The van der Waals surface area contributed by atoms with Crippen LogP contribution >= 0.6 is 0 Å². The molecule has 1 aliphatic heterocycles. The summed E-state index contributed by atoms with van der Waals surface area (Å²) in [6.07, 6.45) is 5.27. The zero-order chi connectivity index (χ0) is 21.5. The van der Waals surface area contributed by atoms with Gasteiger partial charge in [0, 0.05) is 44.1 Å². The minimum absolute atomic E-state index is 0.0550. The van der Waals surface area contributed by atoms with E-state index in [2.05, 4.69) is 41.1 Å². The molecule has 2 aromatic carbocycles. The summed E-state index contributed by atoms with van der Waals surface area (Å²) in [7, 11) is 0. The lowest BCUT2D eigenvalue weighted by Crippen LogP contribution is -2.48. The minimum Gasteiger partial charge on any atom is -0.487 e. The van der Waals surface area contributed by atoms with E-state index < -0.39 is 0 Å². The largest absolute Gasteiger partial charge is 0.487 e. The van der Waals surface area contributed by atoms with Crippen molar-refractivity contribution in [3.8, 4) is 5.75 Å². The molecule has 0 atom stereocenters. The van der Waals surface area contributed by atoms with Gasteiger partial charge in [-0.15, -0.1) is 0 Å². The fourth-order valence-corrected chi connectivity index (χ4v) is 3.60. The van der Waals surface area contributed by atoms with E-state index in [1.165, 1.54) is 11.3 Å². The van der Waals surface area contributed by atoms with Gasteiger partial charge in [-0.1, -0.05) is 30.3 Å². The second-order valence-electron chi connectivity index (χ2n) is 7.66. The number of anilines is 1. The van der Waals surface area contributed by atoms with Gasteiger partial charge in [0.05, 0.1) is 5.69 Å². The maximum atomic E-state index is 12.6. The molecule has 5 heteroatoms. The molecule has 31 heavy (non-hydrogen) atoms. The summed E-state index contributed by atoms with van der Waals surface area (Å²) in [5, 5.41) is 0. The highest BCUT2D eigenvalue weighted by Crippen LogP contribution is 2.18. The molecule has 1 aliphatic rings. The highest BCUT2D eigenvalue weighted by atomic mass is 16.5. The van der Waals surface area contributed by atoms with Crippen molar-refractivity contribution < 1.29 is 9.53 Å². The van der Waals surface area contributed by atoms with Crippen LogP contribution in [-0.2, 0) is 11.4 Å². The Morgan fingerprint density at radius 3 is 2.52 bits per heavy atom. The van der Waals surface area contributed by atoms with Crippen LogP contribution in [-0.4, -0.2) is 42.0 Å². The number of amides is 1. The standard InChI is InChI=1S/C26H27N3O2/c1-21-5-4-7-24(19-21)28-15-17-29(18-16-28)26(30)13-10-22-8-11-25(12-9-22)31-20-23-6-2-3-14-27-23/h2-14,19H,15-18,20H2,1H3. The van der Waals surface area contributed by atoms with Crippen LogP contribution in [0.3, 0.4) is 0 Å². The SMILES string of the molecule is Cc1cccc(N2CCN(C(=O)C=Cc3ccc(OCc4ccccn4)cc3)CC2)c1. The number of benzene rings is 2. The van der Waals surface area contributed by atoms with Gasteiger partial charge in [0.2, 0.25) is 5.91 Å². The molecule has 1 fully saturated rings. The van der Waals surface area contributed by atoms with Crippen molar-refractivity contribution >= 4 is 17.7 Å². The number of aryl methyl sites for hydroxylation is 1. The molecule has 1 saturated heterocycles. The number of aromatic nitrogens is 1. The highest BCUT2D eigenvalue weighted by molar-refractivity contribution is 5.92. The smallest absolute Gasteiger partial charge is 0.246 e. The van der Waals surface area contributed by atoms with Gasteiger partial charge in [0.25, 0.3) is 0 Å². The summed E-state index contributed by atoms with van der Waals surface area (Å²) in [6, 6.07) is 22.0. The molecule has 3 aromatic rings. The molecule has 0 bridgehead atoms. The first-order chi connectivity index (χ1) is 15.2. The molecule has 0 N–H and O–H groups in total. The Labute approximate surface area is 183 Å². The van der Waals surface area contributed by atoms with Crippen LogP contribution in [0.2, 0.25) is 0 Å². The topological polar surface area (TPSA) is 45.7 Å². The number of piperazine rings is 1. The molecule has 0 radical (unpaired) electrons. The number of pyridine rings is 1. The number of rotatable bonds is 6. The molecule has 0 unspecified atom stereocenters. The molecule has 5 nitrogen and oxygen atoms in total. The number of carbonyl (C=O) groups is 1. The monoisotopic (exact) mass is 413 g/mol. The van der Waals surface area contributed by atoms with Crippen molar-refractivity contribution in [1.82, 2.24) is 9.88 Å². The van der Waals surface area contributed by atoms with Gasteiger partial charge in [0.1, 0.15) is 12.4 Å². The fraction of sp³-hybridized carbons (Fsp3) is 0.231. The summed E-state index contributed by atoms with van der Waals surface area (Å²) in [4.78, 5) is 21.1. The van der Waals surface area contributed by atoms with Gasteiger partial charge in [-0.05, 0) is 60.5 Å². The predicted octanol–water partition coefficient (Wildman–Crippen LogP) is 4.33. The van der Waals surface area contributed by atoms with E-state index in [-0.39, 0.29) is 5.91 Å². The van der Waals surface area contributed by atoms with Crippen molar-refractivity contribution in [3.63, 3.8) is 0 Å². The number of hydrogen-bond acceptors (Lipinski definition) is 4. The van der Waals surface area contributed by atoms with E-state index in [4.69, 9.17) is 4.74 Å². The van der Waals surface area contributed by atoms with Gasteiger partial charge in [0.15, 0.2) is 0 Å². The molecule has 1 amide bonds. The summed E-state index contributed by atoms with van der Waals surface area (Å²) in [6.45, 7) is 5.71. The summed E-state index contributed by atoms with van der Waals surface area (Å²) < 4.78 is 5.76. The molecule has 0 aliphatic carbocycles. The number of carbonyl (C=O) groups excluding carboxylic acids is 1. The second-order valence-corrected chi connectivity index (χ2v) is 7.66. The first-order valence-corrected chi connectivity index (χ1v) is 10.6. The van der Waals surface area contributed by atoms with Crippen LogP contribution < -0.4 is 9.64 Å². The van der Waals surface area contributed by atoms with Crippen LogP contribution in [0.15, 0.2) is 79.0 Å². The van der Waals surface area contributed by atoms with Gasteiger partial charge in [-0.25, -0.2) is 0 Å². The lowest BCUT2D eigenvalue weighted by molar-refractivity contribution is -0.126. The lowest BCUT2D eigenvalue weighted by atomic mass is 10.2. The van der Waals surface area contributed by atoms with E-state index in [0.29, 0.717) is 6.61 Å². The first-order valence-electron chi connectivity index (χ1n) is 10.6. The third kappa shape index (κ3) is 5.72. The molecule has 0 saturated carbocycles. The zero-order valence-corrected chi connectivity index (χ0v) is 17.8. The van der Waals surface area contributed by atoms with Gasteiger partial charge < -0.3 is 14.5 Å². The Morgan fingerprint density at radius 2 is 1.81 bits per heavy atom. The van der Waals surface area contributed by atoms with E-state index in [0.717, 1.165) is 43.2 Å². The van der Waals surface area contributed by atoms with Crippen molar-refractivity contribution in [2.24, 2.45) is 0 Å². The number of ether oxygens (including phenoxy) is 1. The van der Waals surface area contributed by atoms with Crippen LogP contribution in [0.25, 0.3) is 6.08 Å². The van der Waals surface area contributed by atoms with E-state index in [1.807, 2.05) is 53.4 Å². The Kier molecular flexibility index (Phi) is 6.62. The minimum atomic E-state index is 0.0550. The van der Waals surface area contributed by atoms with Crippen molar-refractivity contribution in [3.05, 3.63) is 95.8 Å². The third-order valence-electron chi connectivity index (χ3n) is 5.37. The summed E-state index contributed by atoms with van der Waals surface area (Å²) in [5.74, 6) is 0.834. The zero-order valence-electron chi connectivity index (χ0n) is 17.8. The van der Waals surface area contributed by atoms with Gasteiger partial charge >= 0.3 is 0 Å². The van der Waals surface area contributed by atoms with Crippen LogP contribution in [0.1, 0.15) is 16.8 Å². The van der Waals surface area contributed by atoms with Crippen LogP contribution in [0, 0.1) is 6.92 Å². The predicted molar refractivity (Wildman–Crippen MR) is 124 cm³/mol. The average molecular weight is 414 g/mol. The summed E-state index contributed by atoms with van der Waals surface area (Å²) in [5.41, 5.74) is 4.34. The van der Waals surface area contributed by atoms with Crippen molar-refractivity contribution in [2.45, 2.75) is 13.5 Å². The highest BCUT2D eigenvalue weighted by Gasteiger charge is 2.19. The third-order valence-corrected chi connectivity index (χ3v) is 5.37. The Hall–Kier alpha value is -3.60. The maximum Gasteiger partial charge on any atom is 0.246 e.